The molecule has 82 valence electrons. The van der Waals surface area contributed by atoms with Gasteiger partial charge in [-0.2, -0.15) is 0 Å². The predicted octanol–water partition coefficient (Wildman–Crippen LogP) is 0.158. The van der Waals surface area contributed by atoms with Crippen LogP contribution in [0, 0.1) is 0 Å². The first-order valence-electron chi connectivity index (χ1n) is 4.85. The molecular formula is C11H10N2O3. The summed E-state index contributed by atoms with van der Waals surface area (Å²) in [5.74, 6) is -1.25. The molecule has 16 heavy (non-hydrogen) atoms. The molecule has 0 bridgehead atoms. The van der Waals surface area contributed by atoms with Crippen LogP contribution in [0.2, 0.25) is 0 Å². The van der Waals surface area contributed by atoms with Crippen molar-refractivity contribution in [2.45, 2.75) is 6.42 Å². The Morgan fingerprint density at radius 3 is 2.06 bits per heavy atom. The number of hydrogen-bond acceptors (Lipinski definition) is 3. The summed E-state index contributed by atoms with van der Waals surface area (Å²) in [7, 11) is 0. The molecule has 1 aliphatic heterocycles. The van der Waals surface area contributed by atoms with Crippen LogP contribution in [-0.2, 0) is 4.79 Å². The van der Waals surface area contributed by atoms with Crippen molar-refractivity contribution in [3.05, 3.63) is 35.4 Å². The summed E-state index contributed by atoms with van der Waals surface area (Å²) < 4.78 is 0. The lowest BCUT2D eigenvalue weighted by molar-refractivity contribution is -0.118. The van der Waals surface area contributed by atoms with E-state index in [0.29, 0.717) is 11.1 Å². The number of rotatable bonds is 3. The first-order chi connectivity index (χ1) is 7.61. The first kappa shape index (κ1) is 10.4. The predicted molar refractivity (Wildman–Crippen MR) is 55.6 cm³/mol. The SMILES string of the molecule is NC(=O)CCN1C(=O)c2ccccc2C1=O. The minimum Gasteiger partial charge on any atom is -0.370 e. The standard InChI is InChI=1S/C11H10N2O3/c12-9(14)5-6-13-10(15)7-3-1-2-4-8(7)11(13)16/h1-4H,5-6H2,(H2,12,14). The van der Waals surface area contributed by atoms with Gasteiger partial charge in [-0.15, -0.1) is 0 Å². The van der Waals surface area contributed by atoms with Crippen molar-refractivity contribution in [3.8, 4) is 0 Å². The third-order valence-corrected chi connectivity index (χ3v) is 2.46. The van der Waals surface area contributed by atoms with E-state index < -0.39 is 5.91 Å². The lowest BCUT2D eigenvalue weighted by Crippen LogP contribution is -2.33. The van der Waals surface area contributed by atoms with Crippen molar-refractivity contribution < 1.29 is 14.4 Å². The molecule has 0 spiro atoms. The van der Waals surface area contributed by atoms with Crippen LogP contribution >= 0.6 is 0 Å². The number of nitrogens with two attached hydrogens (primary N) is 1. The van der Waals surface area contributed by atoms with Gasteiger partial charge in [-0.05, 0) is 12.1 Å². The Hall–Kier alpha value is -2.17. The lowest BCUT2D eigenvalue weighted by Gasteiger charge is -2.11. The van der Waals surface area contributed by atoms with Gasteiger partial charge in [-0.1, -0.05) is 12.1 Å². The maximum atomic E-state index is 11.8. The summed E-state index contributed by atoms with van der Waals surface area (Å²) in [5.41, 5.74) is 5.75. The molecular weight excluding hydrogens is 208 g/mol. The third kappa shape index (κ3) is 1.56. The molecule has 3 amide bonds. The summed E-state index contributed by atoms with van der Waals surface area (Å²) in [5, 5.41) is 0. The number of nitrogens with zero attached hydrogens (tertiary/aromatic N) is 1. The van der Waals surface area contributed by atoms with Gasteiger partial charge in [0.25, 0.3) is 11.8 Å². The van der Waals surface area contributed by atoms with Crippen molar-refractivity contribution in [1.82, 2.24) is 4.90 Å². The Labute approximate surface area is 91.8 Å². The molecule has 0 saturated heterocycles. The number of primary amides is 1. The molecule has 0 unspecified atom stereocenters. The minimum atomic E-state index is -0.531. The van der Waals surface area contributed by atoms with E-state index in [1.807, 2.05) is 0 Å². The van der Waals surface area contributed by atoms with E-state index in [2.05, 4.69) is 0 Å². The van der Waals surface area contributed by atoms with Gasteiger partial charge in [0.05, 0.1) is 11.1 Å². The van der Waals surface area contributed by atoms with Gasteiger partial charge in [-0.3, -0.25) is 19.3 Å². The van der Waals surface area contributed by atoms with Crippen LogP contribution in [0.5, 0.6) is 0 Å². The van der Waals surface area contributed by atoms with Crippen molar-refractivity contribution in [1.29, 1.82) is 0 Å². The quantitative estimate of drug-likeness (QED) is 0.733. The number of hydrogen-bond donors (Lipinski definition) is 1. The van der Waals surface area contributed by atoms with E-state index in [9.17, 15) is 14.4 Å². The number of carbonyl (C=O) groups excluding carboxylic acids is 3. The number of fused-ring (bicyclic) bond motifs is 1. The van der Waals surface area contributed by atoms with Crippen molar-refractivity contribution in [2.75, 3.05) is 6.54 Å². The average molecular weight is 218 g/mol. The Balaban J connectivity index is 2.25. The van der Waals surface area contributed by atoms with Crippen molar-refractivity contribution in [2.24, 2.45) is 5.73 Å². The average Bonchev–Trinajstić information content (AvgIpc) is 2.50. The molecule has 1 aromatic rings. The van der Waals surface area contributed by atoms with Crippen LogP contribution in [0.1, 0.15) is 27.1 Å². The fourth-order valence-electron chi connectivity index (χ4n) is 1.66. The van der Waals surface area contributed by atoms with E-state index in [-0.39, 0.29) is 24.8 Å². The molecule has 0 aliphatic carbocycles. The van der Waals surface area contributed by atoms with E-state index in [1.54, 1.807) is 24.3 Å². The van der Waals surface area contributed by atoms with Crippen LogP contribution in [-0.4, -0.2) is 29.2 Å². The van der Waals surface area contributed by atoms with E-state index in [4.69, 9.17) is 5.73 Å². The van der Waals surface area contributed by atoms with Crippen LogP contribution < -0.4 is 5.73 Å². The molecule has 1 aliphatic rings. The summed E-state index contributed by atoms with van der Waals surface area (Å²) in [6.07, 6.45) is -0.00846. The number of carbonyl (C=O) groups is 3. The molecule has 1 heterocycles. The van der Waals surface area contributed by atoms with Crippen molar-refractivity contribution >= 4 is 17.7 Å². The molecule has 0 saturated carbocycles. The highest BCUT2D eigenvalue weighted by atomic mass is 16.2. The summed E-state index contributed by atoms with van der Waals surface area (Å²) in [6, 6.07) is 6.59. The zero-order valence-electron chi connectivity index (χ0n) is 8.47. The maximum absolute atomic E-state index is 11.8. The van der Waals surface area contributed by atoms with Crippen LogP contribution in [0.15, 0.2) is 24.3 Å². The zero-order chi connectivity index (χ0) is 11.7. The van der Waals surface area contributed by atoms with Crippen LogP contribution in [0.25, 0.3) is 0 Å². The first-order valence-corrected chi connectivity index (χ1v) is 4.85. The van der Waals surface area contributed by atoms with E-state index >= 15 is 0 Å². The topological polar surface area (TPSA) is 80.5 Å². The monoisotopic (exact) mass is 218 g/mol. The highest BCUT2D eigenvalue weighted by Gasteiger charge is 2.34. The molecule has 0 fully saturated rings. The molecule has 2 rings (SSSR count). The highest BCUT2D eigenvalue weighted by molar-refractivity contribution is 6.21. The molecule has 0 atom stereocenters. The number of imide groups is 1. The van der Waals surface area contributed by atoms with Gasteiger partial charge in [0, 0.05) is 13.0 Å². The summed E-state index contributed by atoms with van der Waals surface area (Å²) in [4.78, 5) is 35.2. The minimum absolute atomic E-state index is 0.00846. The zero-order valence-corrected chi connectivity index (χ0v) is 8.47. The summed E-state index contributed by atoms with van der Waals surface area (Å²) in [6.45, 7) is 0.0433. The molecule has 5 heteroatoms. The third-order valence-electron chi connectivity index (χ3n) is 2.46. The molecule has 5 nitrogen and oxygen atoms in total. The van der Waals surface area contributed by atoms with Crippen LogP contribution in [0.3, 0.4) is 0 Å². The smallest absolute Gasteiger partial charge is 0.261 e. The van der Waals surface area contributed by atoms with Gasteiger partial charge in [0.15, 0.2) is 0 Å². The second-order valence-electron chi connectivity index (χ2n) is 3.52. The molecule has 1 aromatic carbocycles. The van der Waals surface area contributed by atoms with Crippen molar-refractivity contribution in [3.63, 3.8) is 0 Å². The second-order valence-corrected chi connectivity index (χ2v) is 3.52. The largest absolute Gasteiger partial charge is 0.370 e. The fourth-order valence-corrected chi connectivity index (χ4v) is 1.66. The second kappa shape index (κ2) is 3.77. The normalized spacial score (nSPS) is 14.1. The fraction of sp³-hybridized carbons (Fsp3) is 0.182. The number of benzene rings is 1. The van der Waals surface area contributed by atoms with E-state index in [1.165, 1.54) is 0 Å². The maximum Gasteiger partial charge on any atom is 0.261 e. The highest BCUT2D eigenvalue weighted by Crippen LogP contribution is 2.22. The van der Waals surface area contributed by atoms with Gasteiger partial charge < -0.3 is 5.73 Å². The Bertz CT molecular complexity index is 447. The van der Waals surface area contributed by atoms with Gasteiger partial charge in [0.1, 0.15) is 0 Å². The molecule has 0 radical (unpaired) electrons. The summed E-state index contributed by atoms with van der Waals surface area (Å²) >= 11 is 0. The van der Waals surface area contributed by atoms with Gasteiger partial charge in [-0.25, -0.2) is 0 Å². The number of amides is 3. The Kier molecular flexibility index (Phi) is 2.44. The van der Waals surface area contributed by atoms with Gasteiger partial charge in [0.2, 0.25) is 5.91 Å². The Morgan fingerprint density at radius 1 is 1.12 bits per heavy atom. The van der Waals surface area contributed by atoms with Gasteiger partial charge >= 0.3 is 0 Å². The molecule has 2 N–H and O–H groups in total. The van der Waals surface area contributed by atoms with E-state index in [0.717, 1.165) is 4.90 Å². The molecule has 0 aromatic heterocycles. The Morgan fingerprint density at radius 2 is 1.62 bits per heavy atom. The lowest BCUT2D eigenvalue weighted by atomic mass is 10.1. The van der Waals surface area contributed by atoms with Crippen LogP contribution in [0.4, 0.5) is 0 Å².